The standard InChI is InChI=1S/C16H17N5O3.ClH/c17-15-14(20-24-21-15)16(22)19-9-8-18-10-12-6-7-13(23-12)11-4-2-1-3-5-11;/h1-7,18H,8-10H2,(H2,17,21)(H,19,22);1H. The Kier molecular flexibility index (Phi) is 6.55. The van der Waals surface area contributed by atoms with E-state index in [-0.39, 0.29) is 23.9 Å². The molecule has 25 heavy (non-hydrogen) atoms. The van der Waals surface area contributed by atoms with Gasteiger partial charge in [-0.05, 0) is 22.4 Å². The number of aromatic nitrogens is 2. The quantitative estimate of drug-likeness (QED) is 0.548. The Morgan fingerprint density at radius 3 is 2.60 bits per heavy atom. The first-order chi connectivity index (χ1) is 11.7. The molecule has 0 aliphatic heterocycles. The molecule has 0 unspecified atom stereocenters. The molecule has 0 bridgehead atoms. The molecular formula is C16H18ClN5O3. The first kappa shape index (κ1) is 18.5. The highest BCUT2D eigenvalue weighted by molar-refractivity contribution is 5.95. The summed E-state index contributed by atoms with van der Waals surface area (Å²) in [5.41, 5.74) is 6.47. The van der Waals surface area contributed by atoms with Crippen LogP contribution in [0.15, 0.2) is 51.5 Å². The largest absolute Gasteiger partial charge is 0.460 e. The van der Waals surface area contributed by atoms with Crippen molar-refractivity contribution in [1.29, 1.82) is 0 Å². The number of anilines is 1. The van der Waals surface area contributed by atoms with Crippen LogP contribution in [0, 0.1) is 0 Å². The second kappa shape index (κ2) is 8.86. The highest BCUT2D eigenvalue weighted by atomic mass is 35.5. The van der Waals surface area contributed by atoms with Crippen molar-refractivity contribution in [3.05, 3.63) is 53.9 Å². The number of furan rings is 1. The van der Waals surface area contributed by atoms with E-state index in [1.165, 1.54) is 0 Å². The van der Waals surface area contributed by atoms with Crippen LogP contribution < -0.4 is 16.4 Å². The van der Waals surface area contributed by atoms with Gasteiger partial charge in [0.1, 0.15) is 11.5 Å². The molecule has 132 valence electrons. The van der Waals surface area contributed by atoms with Gasteiger partial charge in [0.05, 0.1) is 6.54 Å². The summed E-state index contributed by atoms with van der Waals surface area (Å²) in [7, 11) is 0. The second-order valence-corrected chi connectivity index (χ2v) is 5.06. The zero-order valence-corrected chi connectivity index (χ0v) is 14.1. The van der Waals surface area contributed by atoms with E-state index in [1.807, 2.05) is 42.5 Å². The average molecular weight is 364 g/mol. The number of nitrogens with two attached hydrogens (primary N) is 1. The summed E-state index contributed by atoms with van der Waals surface area (Å²) in [4.78, 5) is 11.7. The van der Waals surface area contributed by atoms with E-state index in [0.29, 0.717) is 19.6 Å². The summed E-state index contributed by atoms with van der Waals surface area (Å²) in [5, 5.41) is 12.6. The molecule has 1 amide bonds. The molecule has 0 atom stereocenters. The van der Waals surface area contributed by atoms with E-state index in [0.717, 1.165) is 17.1 Å². The van der Waals surface area contributed by atoms with Crippen LogP contribution in [0.4, 0.5) is 5.82 Å². The maximum absolute atomic E-state index is 11.7. The van der Waals surface area contributed by atoms with E-state index < -0.39 is 5.91 Å². The van der Waals surface area contributed by atoms with Crippen LogP contribution in [0.2, 0.25) is 0 Å². The Labute approximate surface area is 150 Å². The fourth-order valence-corrected chi connectivity index (χ4v) is 2.14. The van der Waals surface area contributed by atoms with Gasteiger partial charge in [-0.3, -0.25) is 4.79 Å². The van der Waals surface area contributed by atoms with Gasteiger partial charge in [-0.1, -0.05) is 30.3 Å². The molecule has 0 aliphatic carbocycles. The highest BCUT2D eigenvalue weighted by Gasteiger charge is 2.14. The predicted octanol–water partition coefficient (Wildman–Crippen LogP) is 1.85. The molecular weight excluding hydrogens is 346 g/mol. The van der Waals surface area contributed by atoms with Crippen molar-refractivity contribution in [3.8, 4) is 11.3 Å². The number of nitrogens with one attached hydrogen (secondary N) is 2. The molecule has 0 saturated heterocycles. The third-order valence-electron chi connectivity index (χ3n) is 3.34. The minimum Gasteiger partial charge on any atom is -0.460 e. The molecule has 9 heteroatoms. The van der Waals surface area contributed by atoms with Crippen molar-refractivity contribution in [2.24, 2.45) is 0 Å². The molecule has 3 aromatic rings. The zero-order chi connectivity index (χ0) is 16.8. The van der Waals surface area contributed by atoms with Gasteiger partial charge in [-0.25, -0.2) is 4.63 Å². The van der Waals surface area contributed by atoms with Crippen LogP contribution in [0.3, 0.4) is 0 Å². The molecule has 2 heterocycles. The molecule has 1 aromatic carbocycles. The van der Waals surface area contributed by atoms with Crippen molar-refractivity contribution in [2.45, 2.75) is 6.54 Å². The Bertz CT molecular complexity index is 803. The van der Waals surface area contributed by atoms with E-state index in [9.17, 15) is 4.79 Å². The lowest BCUT2D eigenvalue weighted by molar-refractivity contribution is 0.0944. The Morgan fingerprint density at radius 2 is 1.88 bits per heavy atom. The molecule has 4 N–H and O–H groups in total. The first-order valence-electron chi connectivity index (χ1n) is 7.45. The van der Waals surface area contributed by atoms with Crippen LogP contribution in [0.25, 0.3) is 11.3 Å². The second-order valence-electron chi connectivity index (χ2n) is 5.06. The summed E-state index contributed by atoms with van der Waals surface area (Å²) < 4.78 is 10.2. The number of amides is 1. The fraction of sp³-hybridized carbons (Fsp3) is 0.188. The van der Waals surface area contributed by atoms with Gasteiger partial charge in [0, 0.05) is 18.7 Å². The van der Waals surface area contributed by atoms with E-state index in [1.54, 1.807) is 0 Å². The minimum absolute atomic E-state index is 0. The molecule has 0 aliphatic rings. The normalized spacial score (nSPS) is 10.2. The van der Waals surface area contributed by atoms with Crippen molar-refractivity contribution in [3.63, 3.8) is 0 Å². The molecule has 0 spiro atoms. The summed E-state index contributed by atoms with van der Waals surface area (Å²) in [6.45, 7) is 1.55. The van der Waals surface area contributed by atoms with Crippen LogP contribution in [-0.2, 0) is 6.54 Å². The minimum atomic E-state index is -0.417. The molecule has 3 rings (SSSR count). The highest BCUT2D eigenvalue weighted by Crippen LogP contribution is 2.21. The van der Waals surface area contributed by atoms with Crippen LogP contribution >= 0.6 is 12.4 Å². The van der Waals surface area contributed by atoms with Crippen molar-refractivity contribution in [2.75, 3.05) is 18.8 Å². The van der Waals surface area contributed by atoms with Crippen molar-refractivity contribution >= 4 is 24.1 Å². The van der Waals surface area contributed by atoms with E-state index >= 15 is 0 Å². The monoisotopic (exact) mass is 363 g/mol. The Balaban J connectivity index is 0.00000225. The van der Waals surface area contributed by atoms with Gasteiger partial charge < -0.3 is 20.8 Å². The predicted molar refractivity (Wildman–Crippen MR) is 94.1 cm³/mol. The average Bonchev–Trinajstić information content (AvgIpc) is 3.24. The lowest BCUT2D eigenvalue weighted by Crippen LogP contribution is -2.32. The lowest BCUT2D eigenvalue weighted by atomic mass is 10.2. The maximum atomic E-state index is 11.7. The number of nitrogen functional groups attached to an aromatic ring is 1. The maximum Gasteiger partial charge on any atom is 0.277 e. The summed E-state index contributed by atoms with van der Waals surface area (Å²) >= 11 is 0. The van der Waals surface area contributed by atoms with Crippen LogP contribution in [-0.4, -0.2) is 29.3 Å². The molecule has 0 fully saturated rings. The van der Waals surface area contributed by atoms with Gasteiger partial charge in [-0.2, -0.15) is 0 Å². The number of halogens is 1. The van der Waals surface area contributed by atoms with Crippen LogP contribution in [0.5, 0.6) is 0 Å². The molecule has 0 radical (unpaired) electrons. The first-order valence-corrected chi connectivity index (χ1v) is 7.45. The summed E-state index contributed by atoms with van der Waals surface area (Å²) in [6, 6.07) is 13.8. The van der Waals surface area contributed by atoms with Gasteiger partial charge in [0.2, 0.25) is 11.5 Å². The molecule has 0 saturated carbocycles. The van der Waals surface area contributed by atoms with Gasteiger partial charge >= 0.3 is 0 Å². The van der Waals surface area contributed by atoms with Crippen LogP contribution in [0.1, 0.15) is 16.2 Å². The summed E-state index contributed by atoms with van der Waals surface area (Å²) in [5.74, 6) is 1.21. The lowest BCUT2D eigenvalue weighted by Gasteiger charge is -2.04. The zero-order valence-electron chi connectivity index (χ0n) is 13.3. The number of hydrogen-bond acceptors (Lipinski definition) is 7. The third kappa shape index (κ3) is 4.82. The van der Waals surface area contributed by atoms with Crippen molar-refractivity contribution in [1.82, 2.24) is 20.9 Å². The van der Waals surface area contributed by atoms with Gasteiger partial charge in [0.25, 0.3) is 5.91 Å². The number of rotatable bonds is 7. The fourth-order valence-electron chi connectivity index (χ4n) is 2.14. The SMILES string of the molecule is Cl.Nc1nonc1C(=O)NCCNCc1ccc(-c2ccccc2)o1. The van der Waals surface area contributed by atoms with Gasteiger partial charge in [-0.15, -0.1) is 12.4 Å². The van der Waals surface area contributed by atoms with E-state index in [2.05, 4.69) is 25.6 Å². The number of carbonyl (C=O) groups is 1. The molecule has 8 nitrogen and oxygen atoms in total. The molecule has 2 aromatic heterocycles. The van der Waals surface area contributed by atoms with Crippen molar-refractivity contribution < 1.29 is 13.8 Å². The Hall–Kier alpha value is -2.84. The number of hydrogen-bond donors (Lipinski definition) is 3. The topological polar surface area (TPSA) is 119 Å². The smallest absolute Gasteiger partial charge is 0.277 e. The van der Waals surface area contributed by atoms with E-state index in [4.69, 9.17) is 10.2 Å². The van der Waals surface area contributed by atoms with Gasteiger partial charge in [0.15, 0.2) is 0 Å². The number of carbonyl (C=O) groups excluding carboxylic acids is 1. The third-order valence-corrected chi connectivity index (χ3v) is 3.34. The summed E-state index contributed by atoms with van der Waals surface area (Å²) in [6.07, 6.45) is 0. The number of benzene rings is 1. The Morgan fingerprint density at radius 1 is 1.08 bits per heavy atom. The number of nitrogens with zero attached hydrogens (tertiary/aromatic N) is 2.